The lowest BCUT2D eigenvalue weighted by atomic mass is 9.99. The summed E-state index contributed by atoms with van der Waals surface area (Å²) in [6.45, 7) is 3.53. The molecule has 106 valence electrons. The summed E-state index contributed by atoms with van der Waals surface area (Å²) < 4.78 is 14.2. The Morgan fingerprint density at radius 2 is 2.14 bits per heavy atom. The zero-order valence-electron chi connectivity index (χ0n) is 12.1. The van der Waals surface area contributed by atoms with E-state index in [1.54, 1.807) is 12.1 Å². The highest BCUT2D eigenvalue weighted by molar-refractivity contribution is 5.57. The van der Waals surface area contributed by atoms with Crippen molar-refractivity contribution in [3.63, 3.8) is 0 Å². The normalized spacial score (nSPS) is 13.7. The first-order chi connectivity index (χ1) is 10.2. The lowest BCUT2D eigenvalue weighted by Crippen LogP contribution is -2.29. The molecule has 21 heavy (non-hydrogen) atoms. The molecule has 2 nitrogen and oxygen atoms in total. The molecule has 0 spiro atoms. The van der Waals surface area contributed by atoms with Gasteiger partial charge in [-0.15, -0.1) is 0 Å². The Morgan fingerprint density at radius 3 is 2.95 bits per heavy atom. The first-order valence-corrected chi connectivity index (χ1v) is 7.21. The lowest BCUT2D eigenvalue weighted by molar-refractivity contribution is 0.594. The molecular formula is C18H17FN2. The topological polar surface area (TPSA) is 27.0 Å². The minimum Gasteiger partial charge on any atom is -0.367 e. The average molecular weight is 280 g/mol. The number of benzene rings is 2. The van der Waals surface area contributed by atoms with Crippen LogP contribution in [0.25, 0.3) is 0 Å². The Labute approximate surface area is 124 Å². The molecule has 2 aromatic carbocycles. The molecule has 0 aliphatic carbocycles. The van der Waals surface area contributed by atoms with Gasteiger partial charge in [0.25, 0.3) is 0 Å². The van der Waals surface area contributed by atoms with Gasteiger partial charge in [0.1, 0.15) is 11.9 Å². The predicted molar refractivity (Wildman–Crippen MR) is 81.7 cm³/mol. The third-order valence-electron chi connectivity index (χ3n) is 4.01. The molecule has 0 N–H and O–H groups in total. The van der Waals surface area contributed by atoms with E-state index < -0.39 is 0 Å². The molecule has 0 amide bonds. The van der Waals surface area contributed by atoms with Gasteiger partial charge >= 0.3 is 0 Å². The Kier molecular flexibility index (Phi) is 3.62. The largest absolute Gasteiger partial charge is 0.367 e. The second-order valence-electron chi connectivity index (χ2n) is 5.55. The average Bonchev–Trinajstić information content (AvgIpc) is 2.49. The molecule has 0 saturated heterocycles. The van der Waals surface area contributed by atoms with E-state index in [4.69, 9.17) is 5.26 Å². The number of hydrogen-bond donors (Lipinski definition) is 0. The number of nitriles is 1. The molecule has 0 unspecified atom stereocenters. The highest BCUT2D eigenvalue weighted by Gasteiger charge is 2.18. The van der Waals surface area contributed by atoms with Gasteiger partial charge in [-0.2, -0.15) is 5.26 Å². The molecule has 0 atom stereocenters. The van der Waals surface area contributed by atoms with Crippen LogP contribution in [0.1, 0.15) is 28.7 Å². The maximum Gasteiger partial charge on any atom is 0.145 e. The number of halogens is 1. The molecule has 0 aromatic heterocycles. The van der Waals surface area contributed by atoms with Crippen molar-refractivity contribution < 1.29 is 4.39 Å². The Hall–Kier alpha value is -2.34. The number of nitrogens with zero attached hydrogens (tertiary/aromatic N) is 2. The van der Waals surface area contributed by atoms with E-state index >= 15 is 0 Å². The standard InChI is InChI=1S/C18H17FN2/c1-13-7-8-17-14(10-13)6-3-9-21(17)12-16-5-2-4-15(11-20)18(16)19/h2,4-5,7-8,10H,3,6,9,12H2,1H3. The van der Waals surface area contributed by atoms with E-state index in [-0.39, 0.29) is 11.4 Å². The van der Waals surface area contributed by atoms with Gasteiger partial charge in [0.15, 0.2) is 0 Å². The number of hydrogen-bond acceptors (Lipinski definition) is 2. The summed E-state index contributed by atoms with van der Waals surface area (Å²) in [6.07, 6.45) is 2.16. The summed E-state index contributed by atoms with van der Waals surface area (Å²) >= 11 is 0. The van der Waals surface area contributed by atoms with Crippen molar-refractivity contribution in [2.45, 2.75) is 26.3 Å². The Balaban J connectivity index is 1.93. The minimum atomic E-state index is -0.390. The van der Waals surface area contributed by atoms with Gasteiger partial charge in [0, 0.05) is 24.3 Å². The van der Waals surface area contributed by atoms with E-state index in [0.29, 0.717) is 12.1 Å². The van der Waals surface area contributed by atoms with Crippen molar-refractivity contribution in [1.29, 1.82) is 5.26 Å². The van der Waals surface area contributed by atoms with E-state index in [1.165, 1.54) is 22.9 Å². The van der Waals surface area contributed by atoms with Crippen LogP contribution in [0.5, 0.6) is 0 Å². The molecule has 0 saturated carbocycles. The fourth-order valence-corrected chi connectivity index (χ4v) is 2.96. The monoisotopic (exact) mass is 280 g/mol. The maximum atomic E-state index is 14.2. The van der Waals surface area contributed by atoms with Crippen molar-refractivity contribution in [3.8, 4) is 6.07 Å². The van der Waals surface area contributed by atoms with Crippen molar-refractivity contribution in [1.82, 2.24) is 0 Å². The van der Waals surface area contributed by atoms with Crippen LogP contribution in [-0.2, 0) is 13.0 Å². The molecule has 1 aliphatic rings. The van der Waals surface area contributed by atoms with Crippen LogP contribution in [0.15, 0.2) is 36.4 Å². The van der Waals surface area contributed by atoms with Crippen LogP contribution >= 0.6 is 0 Å². The SMILES string of the molecule is Cc1ccc2c(c1)CCCN2Cc1cccc(C#N)c1F. The van der Waals surface area contributed by atoms with Gasteiger partial charge in [-0.05, 0) is 37.5 Å². The van der Waals surface area contributed by atoms with Crippen molar-refractivity contribution in [2.75, 3.05) is 11.4 Å². The molecule has 2 aromatic rings. The second kappa shape index (κ2) is 5.57. The van der Waals surface area contributed by atoms with Crippen LogP contribution in [0.4, 0.5) is 10.1 Å². The van der Waals surface area contributed by atoms with Gasteiger partial charge in [-0.3, -0.25) is 0 Å². The summed E-state index contributed by atoms with van der Waals surface area (Å²) in [7, 11) is 0. The first-order valence-electron chi connectivity index (χ1n) is 7.21. The molecule has 0 radical (unpaired) electrons. The van der Waals surface area contributed by atoms with Crippen molar-refractivity contribution in [2.24, 2.45) is 0 Å². The summed E-state index contributed by atoms with van der Waals surface area (Å²) in [5.74, 6) is -0.390. The smallest absolute Gasteiger partial charge is 0.145 e. The van der Waals surface area contributed by atoms with Gasteiger partial charge in [-0.1, -0.05) is 29.8 Å². The van der Waals surface area contributed by atoms with E-state index in [2.05, 4.69) is 30.0 Å². The summed E-state index contributed by atoms with van der Waals surface area (Å²) in [5.41, 5.74) is 4.48. The van der Waals surface area contributed by atoms with Gasteiger partial charge in [0.2, 0.25) is 0 Å². The predicted octanol–water partition coefficient (Wildman–Crippen LogP) is 3.96. The first kappa shape index (κ1) is 13.6. The minimum absolute atomic E-state index is 0.119. The van der Waals surface area contributed by atoms with Crippen molar-refractivity contribution >= 4 is 5.69 Å². The number of aryl methyl sites for hydroxylation is 2. The third kappa shape index (κ3) is 2.62. The van der Waals surface area contributed by atoms with Crippen molar-refractivity contribution in [3.05, 3.63) is 64.5 Å². The fourth-order valence-electron chi connectivity index (χ4n) is 2.96. The van der Waals surface area contributed by atoms with Crippen LogP contribution in [-0.4, -0.2) is 6.54 Å². The van der Waals surface area contributed by atoms with E-state index in [0.717, 1.165) is 19.4 Å². The van der Waals surface area contributed by atoms with Crippen LogP contribution in [0, 0.1) is 24.1 Å². The Bertz CT molecular complexity index is 716. The summed E-state index contributed by atoms with van der Waals surface area (Å²) in [5, 5.41) is 8.93. The van der Waals surface area contributed by atoms with Crippen LogP contribution in [0.3, 0.4) is 0 Å². The van der Waals surface area contributed by atoms with Gasteiger partial charge in [0.05, 0.1) is 5.56 Å². The zero-order chi connectivity index (χ0) is 14.8. The van der Waals surface area contributed by atoms with Gasteiger partial charge < -0.3 is 4.90 Å². The molecule has 0 bridgehead atoms. The number of anilines is 1. The number of rotatable bonds is 2. The van der Waals surface area contributed by atoms with E-state index in [1.807, 2.05) is 6.07 Å². The third-order valence-corrected chi connectivity index (χ3v) is 4.01. The fraction of sp³-hybridized carbons (Fsp3) is 0.278. The molecule has 3 rings (SSSR count). The van der Waals surface area contributed by atoms with E-state index in [9.17, 15) is 4.39 Å². The summed E-state index contributed by atoms with van der Waals surface area (Å²) in [4.78, 5) is 2.21. The maximum absolute atomic E-state index is 14.2. The number of fused-ring (bicyclic) bond motifs is 1. The van der Waals surface area contributed by atoms with Crippen LogP contribution < -0.4 is 4.90 Å². The summed E-state index contributed by atoms with van der Waals surface area (Å²) in [6, 6.07) is 13.4. The van der Waals surface area contributed by atoms with Crippen LogP contribution in [0.2, 0.25) is 0 Å². The highest BCUT2D eigenvalue weighted by atomic mass is 19.1. The second-order valence-corrected chi connectivity index (χ2v) is 5.55. The zero-order valence-corrected chi connectivity index (χ0v) is 12.1. The quantitative estimate of drug-likeness (QED) is 0.832. The molecule has 1 aliphatic heterocycles. The molecular weight excluding hydrogens is 263 g/mol. The Morgan fingerprint density at radius 1 is 1.29 bits per heavy atom. The van der Waals surface area contributed by atoms with Gasteiger partial charge in [-0.25, -0.2) is 4.39 Å². The lowest BCUT2D eigenvalue weighted by Gasteiger charge is -2.31. The molecule has 3 heteroatoms. The molecule has 0 fully saturated rings. The molecule has 1 heterocycles. The highest BCUT2D eigenvalue weighted by Crippen LogP contribution is 2.29.